The molecule has 1 heterocycles. The molecule has 1 fully saturated rings. The molecular weight excluding hydrogens is 398 g/mol. The Hall–Kier alpha value is -2.80. The molecule has 1 saturated carbocycles. The van der Waals surface area contributed by atoms with Crippen molar-refractivity contribution in [3.8, 4) is 17.1 Å². The summed E-state index contributed by atoms with van der Waals surface area (Å²) in [5.74, 6) is 1.64. The molecule has 1 N–H and O–H groups in total. The van der Waals surface area contributed by atoms with Crippen molar-refractivity contribution in [1.29, 1.82) is 0 Å². The van der Waals surface area contributed by atoms with Crippen LogP contribution in [0.2, 0.25) is 0 Å². The van der Waals surface area contributed by atoms with Crippen molar-refractivity contribution in [3.05, 3.63) is 54.4 Å². The minimum absolute atomic E-state index is 0.0737. The third-order valence-electron chi connectivity index (χ3n) is 5.13. The fourth-order valence-electron chi connectivity index (χ4n) is 3.47. The van der Waals surface area contributed by atoms with Gasteiger partial charge in [0.05, 0.1) is 7.11 Å². The summed E-state index contributed by atoms with van der Waals surface area (Å²) in [5, 5.41) is 7.67. The molecule has 1 aromatic heterocycles. The van der Waals surface area contributed by atoms with Gasteiger partial charge in [0.1, 0.15) is 5.75 Å². The quantitative estimate of drug-likeness (QED) is 0.526. The second kappa shape index (κ2) is 9.80. The van der Waals surface area contributed by atoms with Crippen LogP contribution in [0.5, 0.6) is 5.75 Å². The summed E-state index contributed by atoms with van der Waals surface area (Å²) in [6.45, 7) is 0. The number of carbonyl (C=O) groups excluding carboxylic acids is 1. The van der Waals surface area contributed by atoms with E-state index in [1.54, 1.807) is 7.11 Å². The molecule has 0 aliphatic heterocycles. The topological polar surface area (TPSA) is 77.2 Å². The minimum atomic E-state index is -0.0737. The van der Waals surface area contributed by atoms with Gasteiger partial charge in [-0.05, 0) is 61.4 Å². The molecule has 1 aliphatic rings. The Kier molecular flexibility index (Phi) is 6.69. The van der Waals surface area contributed by atoms with Gasteiger partial charge in [0.2, 0.25) is 17.6 Å². The van der Waals surface area contributed by atoms with Crippen LogP contribution >= 0.6 is 11.8 Å². The molecule has 2 aromatic carbocycles. The highest BCUT2D eigenvalue weighted by atomic mass is 32.2. The Morgan fingerprint density at radius 3 is 2.57 bits per heavy atom. The van der Waals surface area contributed by atoms with Crippen LogP contribution in [-0.4, -0.2) is 28.4 Å². The molecule has 0 spiro atoms. The Morgan fingerprint density at radius 2 is 1.87 bits per heavy atom. The Labute approximate surface area is 180 Å². The number of aryl methyl sites for hydroxylation is 1. The number of amides is 1. The Bertz CT molecular complexity index is 964. The van der Waals surface area contributed by atoms with E-state index < -0.39 is 0 Å². The minimum Gasteiger partial charge on any atom is -0.497 e. The van der Waals surface area contributed by atoms with E-state index in [4.69, 9.17) is 9.26 Å². The molecule has 0 unspecified atom stereocenters. The van der Waals surface area contributed by atoms with Crippen LogP contribution in [-0.2, 0) is 11.2 Å². The lowest BCUT2D eigenvalue weighted by Gasteiger charge is -2.09. The summed E-state index contributed by atoms with van der Waals surface area (Å²) in [4.78, 5) is 17.9. The van der Waals surface area contributed by atoms with E-state index in [1.165, 1.54) is 30.6 Å². The average Bonchev–Trinajstić information content (AvgIpc) is 3.46. The number of benzene rings is 2. The number of thioether (sulfide) groups is 1. The maximum Gasteiger partial charge on any atom is 0.227 e. The molecule has 1 amide bonds. The molecule has 0 bridgehead atoms. The third-order valence-corrected chi connectivity index (χ3v) is 6.47. The van der Waals surface area contributed by atoms with E-state index in [1.807, 2.05) is 48.2 Å². The molecule has 0 saturated heterocycles. The van der Waals surface area contributed by atoms with Gasteiger partial charge in [0.15, 0.2) is 0 Å². The number of rotatable bonds is 8. The number of anilines is 1. The van der Waals surface area contributed by atoms with Gasteiger partial charge in [0.25, 0.3) is 0 Å². The summed E-state index contributed by atoms with van der Waals surface area (Å²) < 4.78 is 10.4. The second-order valence-corrected chi connectivity index (χ2v) is 8.71. The van der Waals surface area contributed by atoms with Crippen LogP contribution in [0.15, 0.2) is 57.9 Å². The maximum absolute atomic E-state index is 12.3. The Morgan fingerprint density at radius 1 is 1.13 bits per heavy atom. The van der Waals surface area contributed by atoms with Crippen molar-refractivity contribution < 1.29 is 14.1 Å². The van der Waals surface area contributed by atoms with E-state index in [0.717, 1.165) is 22.3 Å². The van der Waals surface area contributed by atoms with Crippen LogP contribution in [0.1, 0.15) is 38.0 Å². The van der Waals surface area contributed by atoms with Crippen LogP contribution in [0.3, 0.4) is 0 Å². The highest BCUT2D eigenvalue weighted by molar-refractivity contribution is 8.00. The van der Waals surface area contributed by atoms with Gasteiger partial charge >= 0.3 is 0 Å². The first-order valence-corrected chi connectivity index (χ1v) is 11.1. The smallest absolute Gasteiger partial charge is 0.227 e. The lowest BCUT2D eigenvalue weighted by atomic mass is 10.2. The predicted molar refractivity (Wildman–Crippen MR) is 118 cm³/mol. The Balaban J connectivity index is 1.26. The maximum atomic E-state index is 12.3. The summed E-state index contributed by atoms with van der Waals surface area (Å²) in [6, 6.07) is 15.5. The zero-order chi connectivity index (χ0) is 20.8. The van der Waals surface area contributed by atoms with Crippen LogP contribution in [0.4, 0.5) is 5.69 Å². The van der Waals surface area contributed by atoms with Gasteiger partial charge in [-0.25, -0.2) is 0 Å². The van der Waals surface area contributed by atoms with E-state index in [9.17, 15) is 4.79 Å². The summed E-state index contributed by atoms with van der Waals surface area (Å²) in [5.41, 5.74) is 1.64. The number of hydrogen-bond donors (Lipinski definition) is 1. The first-order valence-electron chi connectivity index (χ1n) is 10.2. The average molecular weight is 424 g/mol. The summed E-state index contributed by atoms with van der Waals surface area (Å²) >= 11 is 1.94. The van der Waals surface area contributed by atoms with Crippen molar-refractivity contribution in [2.24, 2.45) is 0 Å². The first kappa shape index (κ1) is 20.5. The number of nitrogens with one attached hydrogen (secondary N) is 1. The zero-order valence-corrected chi connectivity index (χ0v) is 17.8. The molecule has 6 nitrogen and oxygen atoms in total. The van der Waals surface area contributed by atoms with Gasteiger partial charge in [-0.3, -0.25) is 4.79 Å². The lowest BCUT2D eigenvalue weighted by molar-refractivity contribution is -0.116. The van der Waals surface area contributed by atoms with Crippen molar-refractivity contribution >= 4 is 23.4 Å². The standard InChI is InChI=1S/C23H25N3O3S/c1-28-18-10-6-16(7-11-18)23-25-22(29-26-23)15-14-21(27)24-17-8-12-20(13-9-17)30-19-4-2-3-5-19/h6-13,19H,2-5,14-15H2,1H3,(H,24,27). The van der Waals surface area contributed by atoms with Gasteiger partial charge in [0, 0.05) is 34.2 Å². The second-order valence-electron chi connectivity index (χ2n) is 7.34. The van der Waals surface area contributed by atoms with Crippen molar-refractivity contribution in [2.45, 2.75) is 48.7 Å². The molecule has 1 aliphatic carbocycles. The van der Waals surface area contributed by atoms with E-state index >= 15 is 0 Å². The number of aromatic nitrogens is 2. The molecule has 4 rings (SSSR count). The molecule has 7 heteroatoms. The largest absolute Gasteiger partial charge is 0.497 e. The molecule has 3 aromatic rings. The fraction of sp³-hybridized carbons (Fsp3) is 0.348. The van der Waals surface area contributed by atoms with Crippen LogP contribution in [0, 0.1) is 0 Å². The van der Waals surface area contributed by atoms with E-state index in [0.29, 0.717) is 18.1 Å². The van der Waals surface area contributed by atoms with Crippen molar-refractivity contribution in [2.75, 3.05) is 12.4 Å². The summed E-state index contributed by atoms with van der Waals surface area (Å²) in [7, 11) is 1.62. The number of ether oxygens (including phenoxy) is 1. The number of methoxy groups -OCH3 is 1. The SMILES string of the molecule is COc1ccc(-c2noc(CCC(=O)Nc3ccc(SC4CCCC4)cc3)n2)cc1. The molecule has 0 atom stereocenters. The normalized spacial score (nSPS) is 14.0. The lowest BCUT2D eigenvalue weighted by Crippen LogP contribution is -2.12. The van der Waals surface area contributed by atoms with Crippen molar-refractivity contribution in [1.82, 2.24) is 10.1 Å². The van der Waals surface area contributed by atoms with Gasteiger partial charge in [-0.15, -0.1) is 11.8 Å². The first-order chi connectivity index (χ1) is 14.7. The molecule has 0 radical (unpaired) electrons. The molecular formula is C23H25N3O3S. The number of carbonyl (C=O) groups is 1. The van der Waals surface area contributed by atoms with Gasteiger partial charge < -0.3 is 14.6 Å². The summed E-state index contributed by atoms with van der Waals surface area (Å²) in [6.07, 6.45) is 5.96. The van der Waals surface area contributed by atoms with Crippen LogP contribution < -0.4 is 10.1 Å². The van der Waals surface area contributed by atoms with E-state index in [-0.39, 0.29) is 12.3 Å². The van der Waals surface area contributed by atoms with Gasteiger partial charge in [-0.1, -0.05) is 18.0 Å². The van der Waals surface area contributed by atoms with Gasteiger partial charge in [-0.2, -0.15) is 4.98 Å². The van der Waals surface area contributed by atoms with E-state index in [2.05, 4.69) is 27.6 Å². The molecule has 156 valence electrons. The molecule has 30 heavy (non-hydrogen) atoms. The fourth-order valence-corrected chi connectivity index (χ4v) is 4.72. The third kappa shape index (κ3) is 5.42. The van der Waals surface area contributed by atoms with Crippen LogP contribution in [0.25, 0.3) is 11.4 Å². The highest BCUT2D eigenvalue weighted by Gasteiger charge is 2.16. The monoisotopic (exact) mass is 423 g/mol. The number of hydrogen-bond acceptors (Lipinski definition) is 6. The predicted octanol–water partition coefficient (Wildman–Crippen LogP) is 5.35. The highest BCUT2D eigenvalue weighted by Crippen LogP contribution is 2.35. The van der Waals surface area contributed by atoms with Crippen molar-refractivity contribution in [3.63, 3.8) is 0 Å². The number of nitrogens with zero attached hydrogens (tertiary/aromatic N) is 2. The zero-order valence-electron chi connectivity index (χ0n) is 17.0.